The average molecular weight is 412 g/mol. The maximum Gasteiger partial charge on any atom is 0.573 e. The van der Waals surface area contributed by atoms with Crippen molar-refractivity contribution in [3.8, 4) is 16.9 Å². The fraction of sp³-hybridized carbons (Fsp3) is 0.455. The molecule has 1 fully saturated rings. The SMILES string of the molecule is CCCCCC1COC(c2ccc(-c3ccc(OC(F)(F)F)cc3)c(F)c2)OC1. The normalized spacial score (nSPS) is 19.9. The molecule has 2 aromatic rings. The van der Waals surface area contributed by atoms with E-state index in [1.54, 1.807) is 12.1 Å². The van der Waals surface area contributed by atoms with Gasteiger partial charge in [0.05, 0.1) is 13.2 Å². The van der Waals surface area contributed by atoms with Crippen LogP contribution in [0, 0.1) is 11.7 Å². The molecule has 0 N–H and O–H groups in total. The van der Waals surface area contributed by atoms with Gasteiger partial charge in [-0.1, -0.05) is 50.5 Å². The first-order chi connectivity index (χ1) is 13.9. The number of halogens is 4. The number of ether oxygens (including phenoxy) is 3. The third kappa shape index (κ3) is 6.18. The second-order valence-electron chi connectivity index (χ2n) is 7.17. The number of rotatable bonds is 7. The molecule has 0 unspecified atom stereocenters. The van der Waals surface area contributed by atoms with Crippen LogP contribution in [0.25, 0.3) is 11.1 Å². The van der Waals surface area contributed by atoms with Gasteiger partial charge in [0.1, 0.15) is 11.6 Å². The Morgan fingerprint density at radius 2 is 1.69 bits per heavy atom. The third-order valence-electron chi connectivity index (χ3n) is 4.85. The molecule has 0 spiro atoms. The Bertz CT molecular complexity index is 782. The molecule has 0 saturated carbocycles. The highest BCUT2D eigenvalue weighted by molar-refractivity contribution is 5.65. The van der Waals surface area contributed by atoms with Crippen molar-refractivity contribution in [1.29, 1.82) is 0 Å². The summed E-state index contributed by atoms with van der Waals surface area (Å²) in [6.07, 6.45) is -0.806. The quantitative estimate of drug-likeness (QED) is 0.377. The van der Waals surface area contributed by atoms with Crippen LogP contribution in [0.1, 0.15) is 44.5 Å². The van der Waals surface area contributed by atoms with E-state index in [1.165, 1.54) is 31.0 Å². The molecule has 0 aliphatic carbocycles. The lowest BCUT2D eigenvalue weighted by Crippen LogP contribution is -2.27. The molecule has 0 radical (unpaired) electrons. The first kappa shape index (κ1) is 21.6. The number of unbranched alkanes of at least 4 members (excludes halogenated alkanes) is 2. The van der Waals surface area contributed by atoms with Gasteiger partial charge in [0.15, 0.2) is 6.29 Å². The predicted molar refractivity (Wildman–Crippen MR) is 101 cm³/mol. The monoisotopic (exact) mass is 412 g/mol. The standard InChI is InChI=1S/C22H24F4O3/c1-2-3-4-5-15-13-27-21(28-14-15)17-8-11-19(20(23)12-17)16-6-9-18(10-7-16)29-22(24,25)26/h6-12,15,21H,2-5,13-14H2,1H3. The van der Waals surface area contributed by atoms with E-state index in [4.69, 9.17) is 9.47 Å². The summed E-state index contributed by atoms with van der Waals surface area (Å²) in [5.74, 6) is -0.487. The van der Waals surface area contributed by atoms with Crippen LogP contribution in [0.4, 0.5) is 17.6 Å². The molecule has 0 bridgehead atoms. The molecule has 0 amide bonds. The van der Waals surface area contributed by atoms with Crippen molar-refractivity contribution in [2.24, 2.45) is 5.92 Å². The lowest BCUT2D eigenvalue weighted by atomic mass is 10.0. The first-order valence-corrected chi connectivity index (χ1v) is 9.74. The zero-order valence-electron chi connectivity index (χ0n) is 16.2. The van der Waals surface area contributed by atoms with Gasteiger partial charge in [-0.2, -0.15) is 0 Å². The second kappa shape index (κ2) is 9.59. The highest BCUT2D eigenvalue weighted by atomic mass is 19.4. The van der Waals surface area contributed by atoms with Crippen molar-refractivity contribution in [2.75, 3.05) is 13.2 Å². The van der Waals surface area contributed by atoms with E-state index in [1.807, 2.05) is 0 Å². The van der Waals surface area contributed by atoms with Crippen LogP contribution in [0.3, 0.4) is 0 Å². The molecule has 158 valence electrons. The summed E-state index contributed by atoms with van der Waals surface area (Å²) in [7, 11) is 0. The molecule has 2 aromatic carbocycles. The minimum atomic E-state index is -4.76. The van der Waals surface area contributed by atoms with Crippen LogP contribution in [-0.4, -0.2) is 19.6 Å². The summed E-state index contributed by atoms with van der Waals surface area (Å²) in [5, 5.41) is 0. The number of benzene rings is 2. The van der Waals surface area contributed by atoms with Gasteiger partial charge in [0, 0.05) is 17.0 Å². The van der Waals surface area contributed by atoms with E-state index in [-0.39, 0.29) is 11.3 Å². The molecule has 29 heavy (non-hydrogen) atoms. The molecule has 3 rings (SSSR count). The van der Waals surface area contributed by atoms with Crippen molar-refractivity contribution in [3.63, 3.8) is 0 Å². The molecule has 1 aliphatic rings. The number of hydrogen-bond donors (Lipinski definition) is 0. The molecule has 3 nitrogen and oxygen atoms in total. The lowest BCUT2D eigenvalue weighted by molar-refractivity contribution is -0.274. The highest BCUT2D eigenvalue weighted by Crippen LogP contribution is 2.32. The topological polar surface area (TPSA) is 27.7 Å². The number of alkyl halides is 3. The van der Waals surface area contributed by atoms with E-state index in [2.05, 4.69) is 11.7 Å². The van der Waals surface area contributed by atoms with Gasteiger partial charge in [-0.3, -0.25) is 0 Å². The Labute approximate surface area is 167 Å². The first-order valence-electron chi connectivity index (χ1n) is 9.74. The largest absolute Gasteiger partial charge is 0.573 e. The molecule has 0 aromatic heterocycles. The fourth-order valence-electron chi connectivity index (χ4n) is 3.33. The van der Waals surface area contributed by atoms with Crippen molar-refractivity contribution < 1.29 is 31.8 Å². The van der Waals surface area contributed by atoms with Gasteiger partial charge in [0.2, 0.25) is 0 Å². The minimum absolute atomic E-state index is 0.278. The van der Waals surface area contributed by atoms with E-state index in [9.17, 15) is 17.6 Å². The summed E-state index contributed by atoms with van der Waals surface area (Å²) in [4.78, 5) is 0. The smallest absolute Gasteiger partial charge is 0.406 e. The van der Waals surface area contributed by atoms with Crippen molar-refractivity contribution >= 4 is 0 Å². The lowest BCUT2D eigenvalue weighted by Gasteiger charge is -2.29. The number of hydrogen-bond acceptors (Lipinski definition) is 3. The van der Waals surface area contributed by atoms with E-state index >= 15 is 0 Å². The third-order valence-corrected chi connectivity index (χ3v) is 4.85. The Morgan fingerprint density at radius 1 is 1.00 bits per heavy atom. The Hall–Kier alpha value is -2.12. The summed E-state index contributed by atoms with van der Waals surface area (Å²) >= 11 is 0. The molecule has 1 saturated heterocycles. The maximum atomic E-state index is 14.6. The van der Waals surface area contributed by atoms with Crippen molar-refractivity contribution in [1.82, 2.24) is 0 Å². The van der Waals surface area contributed by atoms with E-state index < -0.39 is 18.5 Å². The van der Waals surface area contributed by atoms with E-state index in [0.717, 1.165) is 25.0 Å². The summed E-state index contributed by atoms with van der Waals surface area (Å²) < 4.78 is 66.7. The van der Waals surface area contributed by atoms with Crippen LogP contribution < -0.4 is 4.74 Å². The summed E-state index contributed by atoms with van der Waals surface area (Å²) in [5.41, 5.74) is 1.31. The van der Waals surface area contributed by atoms with Gasteiger partial charge >= 0.3 is 6.36 Å². The molecular formula is C22H24F4O3. The van der Waals surface area contributed by atoms with Crippen LogP contribution in [0.5, 0.6) is 5.75 Å². The van der Waals surface area contributed by atoms with Crippen LogP contribution >= 0.6 is 0 Å². The molecular weight excluding hydrogens is 388 g/mol. The van der Waals surface area contributed by atoms with E-state index in [0.29, 0.717) is 30.3 Å². The second-order valence-corrected chi connectivity index (χ2v) is 7.17. The van der Waals surface area contributed by atoms with Gasteiger partial charge < -0.3 is 14.2 Å². The van der Waals surface area contributed by atoms with Gasteiger partial charge in [-0.15, -0.1) is 13.2 Å². The van der Waals surface area contributed by atoms with Gasteiger partial charge in [-0.25, -0.2) is 4.39 Å². The summed E-state index contributed by atoms with van der Waals surface area (Å²) in [6, 6.07) is 9.70. The van der Waals surface area contributed by atoms with Crippen molar-refractivity contribution in [3.05, 3.63) is 53.8 Å². The van der Waals surface area contributed by atoms with Gasteiger partial charge in [-0.05, 0) is 30.2 Å². The fourth-order valence-corrected chi connectivity index (χ4v) is 3.33. The molecule has 1 heterocycles. The zero-order valence-corrected chi connectivity index (χ0v) is 16.2. The molecule has 0 atom stereocenters. The van der Waals surface area contributed by atoms with Crippen LogP contribution in [0.2, 0.25) is 0 Å². The summed E-state index contributed by atoms with van der Waals surface area (Å²) in [6.45, 7) is 3.32. The van der Waals surface area contributed by atoms with Crippen LogP contribution in [0.15, 0.2) is 42.5 Å². The molecule has 7 heteroatoms. The Balaban J connectivity index is 1.62. The zero-order chi connectivity index (χ0) is 20.9. The molecule has 1 aliphatic heterocycles. The Morgan fingerprint density at radius 3 is 2.28 bits per heavy atom. The minimum Gasteiger partial charge on any atom is -0.406 e. The van der Waals surface area contributed by atoms with Crippen molar-refractivity contribution in [2.45, 2.75) is 45.3 Å². The average Bonchev–Trinajstić information content (AvgIpc) is 2.68. The predicted octanol–water partition coefficient (Wildman–Crippen LogP) is 6.63. The highest BCUT2D eigenvalue weighted by Gasteiger charge is 2.31. The van der Waals surface area contributed by atoms with Crippen LogP contribution in [-0.2, 0) is 9.47 Å². The van der Waals surface area contributed by atoms with Gasteiger partial charge in [0.25, 0.3) is 0 Å². The maximum absolute atomic E-state index is 14.6. The Kier molecular flexibility index (Phi) is 7.14.